The van der Waals surface area contributed by atoms with Crippen molar-refractivity contribution >= 4 is 28.3 Å². The van der Waals surface area contributed by atoms with Crippen molar-refractivity contribution in [3.05, 3.63) is 76.9 Å². The second-order valence-electron chi connectivity index (χ2n) is 9.45. The van der Waals surface area contributed by atoms with Crippen molar-refractivity contribution in [3.8, 4) is 22.5 Å². The first-order chi connectivity index (χ1) is 17.2. The minimum atomic E-state index is -0.536. The number of aryl methyl sites for hydroxylation is 2. The first-order valence-corrected chi connectivity index (χ1v) is 12.0. The highest BCUT2D eigenvalue weighted by Gasteiger charge is 2.21. The topological polar surface area (TPSA) is 102 Å². The summed E-state index contributed by atoms with van der Waals surface area (Å²) in [5, 5.41) is 23.3. The van der Waals surface area contributed by atoms with Gasteiger partial charge in [0.1, 0.15) is 11.6 Å². The van der Waals surface area contributed by atoms with E-state index in [2.05, 4.69) is 21.6 Å². The molecule has 5 aromatic rings. The minimum Gasteiger partial charge on any atom is -0.394 e. The number of aromatic nitrogens is 5. The highest BCUT2D eigenvalue weighted by atomic mass is 35.5. The molecular formula is C27H27ClN6O2. The molecule has 0 bridgehead atoms. The van der Waals surface area contributed by atoms with Crippen molar-refractivity contribution < 1.29 is 9.63 Å². The SMILES string of the molecule is Cc1noc(C)c1-c1ccc2nc(-c3cnn(C(C)(C)CO)c3)nc(NCc3cccc(Cl)c3)c2c1. The fourth-order valence-corrected chi connectivity index (χ4v) is 4.33. The highest BCUT2D eigenvalue weighted by molar-refractivity contribution is 6.30. The van der Waals surface area contributed by atoms with E-state index >= 15 is 0 Å². The molecule has 2 aromatic carbocycles. The molecule has 0 unspecified atom stereocenters. The number of anilines is 1. The molecule has 3 heterocycles. The Labute approximate surface area is 213 Å². The van der Waals surface area contributed by atoms with Gasteiger partial charge in [0.25, 0.3) is 0 Å². The molecule has 9 heteroatoms. The van der Waals surface area contributed by atoms with Gasteiger partial charge in [-0.1, -0.05) is 35.0 Å². The predicted molar refractivity (Wildman–Crippen MR) is 141 cm³/mol. The van der Waals surface area contributed by atoms with Gasteiger partial charge in [0, 0.05) is 28.7 Å². The van der Waals surface area contributed by atoms with Crippen LogP contribution in [0.5, 0.6) is 0 Å². The van der Waals surface area contributed by atoms with Crippen molar-refractivity contribution in [2.24, 2.45) is 0 Å². The Morgan fingerprint density at radius 3 is 2.64 bits per heavy atom. The summed E-state index contributed by atoms with van der Waals surface area (Å²) in [6.07, 6.45) is 3.58. The second-order valence-corrected chi connectivity index (χ2v) is 9.89. The molecule has 0 radical (unpaired) electrons. The molecule has 0 aliphatic rings. The first kappa shape index (κ1) is 24.0. The highest BCUT2D eigenvalue weighted by Crippen LogP contribution is 2.33. The molecule has 0 aliphatic heterocycles. The molecular weight excluding hydrogens is 476 g/mol. The smallest absolute Gasteiger partial charge is 0.165 e. The Hall–Kier alpha value is -3.75. The summed E-state index contributed by atoms with van der Waals surface area (Å²) in [4.78, 5) is 9.72. The lowest BCUT2D eigenvalue weighted by molar-refractivity contribution is 0.152. The van der Waals surface area contributed by atoms with E-state index in [0.29, 0.717) is 23.2 Å². The molecule has 0 saturated heterocycles. The number of halogens is 1. The number of nitrogens with one attached hydrogen (secondary N) is 1. The standard InChI is InChI=1S/C27H27ClN6O2/c1-16-24(17(2)36-33-16)19-8-9-23-22(11-19)26(29-12-18-6-5-7-21(28)10-18)32-25(31-23)20-13-30-34(14-20)27(3,4)15-35/h5-11,13-14,35H,12,15H2,1-4H3,(H,29,31,32). The largest absolute Gasteiger partial charge is 0.394 e. The van der Waals surface area contributed by atoms with Crippen LogP contribution in [0.4, 0.5) is 5.82 Å². The summed E-state index contributed by atoms with van der Waals surface area (Å²) in [5.41, 5.74) is 4.84. The van der Waals surface area contributed by atoms with Crippen LogP contribution in [0.15, 0.2) is 59.4 Å². The molecule has 8 nitrogen and oxygen atoms in total. The zero-order chi connectivity index (χ0) is 25.4. The quantitative estimate of drug-likeness (QED) is 0.292. The van der Waals surface area contributed by atoms with Crippen molar-refractivity contribution in [2.75, 3.05) is 11.9 Å². The van der Waals surface area contributed by atoms with Gasteiger partial charge in [0.05, 0.1) is 35.1 Å². The number of fused-ring (bicyclic) bond motifs is 1. The zero-order valence-corrected chi connectivity index (χ0v) is 21.3. The number of benzene rings is 2. The van der Waals surface area contributed by atoms with Crippen LogP contribution in [0, 0.1) is 13.8 Å². The zero-order valence-electron chi connectivity index (χ0n) is 20.6. The van der Waals surface area contributed by atoms with Crippen LogP contribution in [-0.2, 0) is 12.1 Å². The molecule has 0 spiro atoms. The van der Waals surface area contributed by atoms with Crippen LogP contribution in [0.3, 0.4) is 0 Å². The molecule has 5 rings (SSSR count). The van der Waals surface area contributed by atoms with Gasteiger partial charge in [0.2, 0.25) is 0 Å². The van der Waals surface area contributed by atoms with E-state index in [9.17, 15) is 5.11 Å². The summed E-state index contributed by atoms with van der Waals surface area (Å²) >= 11 is 6.19. The number of hydrogen-bond donors (Lipinski definition) is 2. The summed E-state index contributed by atoms with van der Waals surface area (Å²) in [6.45, 7) is 8.17. The summed E-state index contributed by atoms with van der Waals surface area (Å²) < 4.78 is 7.12. The number of nitrogens with zero attached hydrogens (tertiary/aromatic N) is 5. The Morgan fingerprint density at radius 1 is 1.08 bits per heavy atom. The van der Waals surface area contributed by atoms with Gasteiger partial charge in [-0.15, -0.1) is 0 Å². The Kier molecular flexibility index (Phi) is 6.24. The molecule has 184 valence electrons. The molecule has 0 atom stereocenters. The predicted octanol–water partition coefficient (Wildman–Crippen LogP) is 5.76. The average molecular weight is 503 g/mol. The summed E-state index contributed by atoms with van der Waals surface area (Å²) in [6, 6.07) is 13.8. The van der Waals surface area contributed by atoms with E-state index in [1.54, 1.807) is 10.9 Å². The van der Waals surface area contributed by atoms with Crippen molar-refractivity contribution in [1.82, 2.24) is 24.9 Å². The molecule has 0 aliphatic carbocycles. The molecule has 3 aromatic heterocycles. The van der Waals surface area contributed by atoms with Crippen LogP contribution in [-0.4, -0.2) is 36.6 Å². The van der Waals surface area contributed by atoms with E-state index in [1.165, 1.54) is 0 Å². The summed E-state index contributed by atoms with van der Waals surface area (Å²) in [5.74, 6) is 2.00. The van der Waals surface area contributed by atoms with Gasteiger partial charge in [-0.2, -0.15) is 5.10 Å². The monoisotopic (exact) mass is 502 g/mol. The van der Waals surface area contributed by atoms with E-state index in [-0.39, 0.29) is 6.61 Å². The van der Waals surface area contributed by atoms with Gasteiger partial charge < -0.3 is 14.9 Å². The summed E-state index contributed by atoms with van der Waals surface area (Å²) in [7, 11) is 0. The van der Waals surface area contributed by atoms with Gasteiger partial charge in [-0.3, -0.25) is 4.68 Å². The lowest BCUT2D eigenvalue weighted by Crippen LogP contribution is -2.30. The maximum Gasteiger partial charge on any atom is 0.165 e. The van der Waals surface area contributed by atoms with Crippen LogP contribution in [0.25, 0.3) is 33.4 Å². The molecule has 36 heavy (non-hydrogen) atoms. The number of aliphatic hydroxyl groups is 1. The van der Waals surface area contributed by atoms with E-state index in [0.717, 1.165) is 44.6 Å². The number of aliphatic hydroxyl groups excluding tert-OH is 1. The van der Waals surface area contributed by atoms with Crippen LogP contribution in [0.1, 0.15) is 30.9 Å². The first-order valence-electron chi connectivity index (χ1n) is 11.6. The van der Waals surface area contributed by atoms with Gasteiger partial charge in [-0.25, -0.2) is 9.97 Å². The van der Waals surface area contributed by atoms with Gasteiger partial charge >= 0.3 is 0 Å². The Bertz CT molecular complexity index is 1540. The lowest BCUT2D eigenvalue weighted by Gasteiger charge is -2.22. The third-order valence-electron chi connectivity index (χ3n) is 6.21. The van der Waals surface area contributed by atoms with Crippen molar-refractivity contribution in [3.63, 3.8) is 0 Å². The van der Waals surface area contributed by atoms with Gasteiger partial charge in [0.15, 0.2) is 5.82 Å². The molecule has 2 N–H and O–H groups in total. The maximum absolute atomic E-state index is 9.73. The lowest BCUT2D eigenvalue weighted by atomic mass is 10.0. The number of hydrogen-bond acceptors (Lipinski definition) is 7. The molecule has 0 saturated carbocycles. The fraction of sp³-hybridized carbons (Fsp3) is 0.259. The Morgan fingerprint density at radius 2 is 1.92 bits per heavy atom. The van der Waals surface area contributed by atoms with Crippen molar-refractivity contribution in [2.45, 2.75) is 39.8 Å². The minimum absolute atomic E-state index is 0.0381. The Balaban J connectivity index is 1.61. The molecule has 0 amide bonds. The van der Waals surface area contributed by atoms with Gasteiger partial charge in [-0.05, 0) is 63.1 Å². The van der Waals surface area contributed by atoms with E-state index < -0.39 is 5.54 Å². The number of rotatable bonds is 7. The van der Waals surface area contributed by atoms with E-state index in [4.69, 9.17) is 26.1 Å². The van der Waals surface area contributed by atoms with Crippen LogP contribution < -0.4 is 5.32 Å². The second kappa shape index (κ2) is 9.37. The maximum atomic E-state index is 9.73. The van der Waals surface area contributed by atoms with Crippen LogP contribution in [0.2, 0.25) is 5.02 Å². The molecule has 0 fully saturated rings. The van der Waals surface area contributed by atoms with E-state index in [1.807, 2.05) is 70.3 Å². The average Bonchev–Trinajstić information content (AvgIpc) is 3.49. The normalized spacial score (nSPS) is 11.8. The van der Waals surface area contributed by atoms with Crippen molar-refractivity contribution in [1.29, 1.82) is 0 Å². The fourth-order valence-electron chi connectivity index (χ4n) is 4.12. The van der Waals surface area contributed by atoms with Crippen LogP contribution >= 0.6 is 11.6 Å². The third-order valence-corrected chi connectivity index (χ3v) is 6.45. The third kappa shape index (κ3) is 4.57.